The molecule has 0 aromatic carbocycles. The van der Waals surface area contributed by atoms with Crippen LogP contribution in [0, 0.1) is 5.92 Å². The zero-order valence-electron chi connectivity index (χ0n) is 13.6. The maximum absolute atomic E-state index is 12.4. The van der Waals surface area contributed by atoms with Gasteiger partial charge < -0.3 is 10.2 Å². The molecule has 5 nitrogen and oxygen atoms in total. The summed E-state index contributed by atoms with van der Waals surface area (Å²) in [7, 11) is 0. The summed E-state index contributed by atoms with van der Waals surface area (Å²) in [5.74, 6) is 0.0105. The summed E-state index contributed by atoms with van der Waals surface area (Å²) in [6.45, 7) is 4.06. The second-order valence-corrected chi connectivity index (χ2v) is 6.36. The van der Waals surface area contributed by atoms with E-state index in [2.05, 4.69) is 17.2 Å². The van der Waals surface area contributed by atoms with Crippen LogP contribution in [0.1, 0.15) is 49.5 Å². The topological polar surface area (TPSA) is 62.3 Å². The number of amides is 2. The minimum atomic E-state index is -0.116. The van der Waals surface area contributed by atoms with E-state index < -0.39 is 0 Å². The lowest BCUT2D eigenvalue weighted by molar-refractivity contribution is -0.126. The lowest BCUT2D eigenvalue weighted by atomic mass is 9.95. The summed E-state index contributed by atoms with van der Waals surface area (Å²) in [6, 6.07) is 3.23. The molecule has 0 spiro atoms. The fraction of sp³-hybridized carbons (Fsp3) is 0.588. The standard InChI is InChI=1S/C17H24ClN3O2/c1-2-3-4-8-20-16(22)13-6-10-21(11-7-13)17(23)15-12-14(18)5-9-19-15/h5,9,12-13H,2-4,6-8,10-11H2,1H3,(H,20,22). The largest absolute Gasteiger partial charge is 0.356 e. The van der Waals surface area contributed by atoms with Gasteiger partial charge >= 0.3 is 0 Å². The second kappa shape index (κ2) is 8.87. The maximum Gasteiger partial charge on any atom is 0.272 e. The molecular weight excluding hydrogens is 314 g/mol. The number of carbonyl (C=O) groups is 2. The molecule has 2 heterocycles. The summed E-state index contributed by atoms with van der Waals surface area (Å²) in [5.41, 5.74) is 0.361. The summed E-state index contributed by atoms with van der Waals surface area (Å²) in [5, 5.41) is 3.50. The Kier molecular flexibility index (Phi) is 6.84. The Bertz CT molecular complexity index is 542. The van der Waals surface area contributed by atoms with E-state index in [0.717, 1.165) is 25.8 Å². The minimum absolute atomic E-state index is 0.00740. The maximum atomic E-state index is 12.4. The molecule has 1 saturated heterocycles. The van der Waals surface area contributed by atoms with Crippen LogP contribution in [0.4, 0.5) is 0 Å². The van der Waals surface area contributed by atoms with E-state index in [1.165, 1.54) is 6.20 Å². The first-order chi connectivity index (χ1) is 11.1. The van der Waals surface area contributed by atoms with Crippen molar-refractivity contribution in [3.05, 3.63) is 29.0 Å². The predicted molar refractivity (Wildman–Crippen MR) is 90.4 cm³/mol. The zero-order valence-corrected chi connectivity index (χ0v) is 14.3. The molecule has 1 fully saturated rings. The molecule has 23 heavy (non-hydrogen) atoms. The van der Waals surface area contributed by atoms with Crippen LogP contribution in [0.25, 0.3) is 0 Å². The first kappa shape index (κ1) is 17.7. The van der Waals surface area contributed by atoms with Crippen LogP contribution in [0.15, 0.2) is 18.3 Å². The van der Waals surface area contributed by atoms with Crippen molar-refractivity contribution in [2.75, 3.05) is 19.6 Å². The summed E-state index contributed by atoms with van der Waals surface area (Å²) < 4.78 is 0. The number of aromatic nitrogens is 1. The van der Waals surface area contributed by atoms with Crippen LogP contribution in [-0.4, -0.2) is 41.3 Å². The number of unbranched alkanes of at least 4 members (excludes halogenated alkanes) is 2. The van der Waals surface area contributed by atoms with Gasteiger partial charge in [0.05, 0.1) is 0 Å². The fourth-order valence-electron chi connectivity index (χ4n) is 2.76. The Morgan fingerprint density at radius 1 is 1.35 bits per heavy atom. The zero-order chi connectivity index (χ0) is 16.7. The summed E-state index contributed by atoms with van der Waals surface area (Å²) in [4.78, 5) is 30.3. The van der Waals surface area contributed by atoms with E-state index in [-0.39, 0.29) is 17.7 Å². The second-order valence-electron chi connectivity index (χ2n) is 5.92. The van der Waals surface area contributed by atoms with Gasteiger partial charge in [-0.05, 0) is 31.4 Å². The molecule has 1 aliphatic heterocycles. The molecular formula is C17H24ClN3O2. The third-order valence-electron chi connectivity index (χ3n) is 4.17. The highest BCUT2D eigenvalue weighted by molar-refractivity contribution is 6.30. The molecule has 1 aliphatic rings. The molecule has 0 bridgehead atoms. The molecule has 1 aromatic rings. The number of hydrogen-bond acceptors (Lipinski definition) is 3. The Hall–Kier alpha value is -1.62. The smallest absolute Gasteiger partial charge is 0.272 e. The van der Waals surface area contributed by atoms with E-state index in [4.69, 9.17) is 11.6 Å². The van der Waals surface area contributed by atoms with Crippen molar-refractivity contribution in [3.8, 4) is 0 Å². The van der Waals surface area contributed by atoms with E-state index in [0.29, 0.717) is 36.6 Å². The fourth-order valence-corrected chi connectivity index (χ4v) is 2.92. The van der Waals surface area contributed by atoms with E-state index in [1.807, 2.05) is 0 Å². The third kappa shape index (κ3) is 5.20. The Morgan fingerprint density at radius 2 is 2.09 bits per heavy atom. The Labute approximate surface area is 142 Å². The highest BCUT2D eigenvalue weighted by atomic mass is 35.5. The Morgan fingerprint density at radius 3 is 2.74 bits per heavy atom. The number of likely N-dealkylation sites (tertiary alicyclic amines) is 1. The van der Waals surface area contributed by atoms with Crippen LogP contribution in [0.5, 0.6) is 0 Å². The van der Waals surface area contributed by atoms with E-state index in [1.54, 1.807) is 17.0 Å². The Balaban J connectivity index is 1.79. The minimum Gasteiger partial charge on any atom is -0.356 e. The van der Waals surface area contributed by atoms with E-state index >= 15 is 0 Å². The van der Waals surface area contributed by atoms with E-state index in [9.17, 15) is 9.59 Å². The number of rotatable bonds is 6. The van der Waals surface area contributed by atoms with Gasteiger partial charge in [-0.3, -0.25) is 14.6 Å². The van der Waals surface area contributed by atoms with Crippen molar-refractivity contribution >= 4 is 23.4 Å². The first-order valence-electron chi connectivity index (χ1n) is 8.30. The lowest BCUT2D eigenvalue weighted by Crippen LogP contribution is -2.43. The number of carbonyl (C=O) groups excluding carboxylic acids is 2. The van der Waals surface area contributed by atoms with Crippen LogP contribution in [-0.2, 0) is 4.79 Å². The molecule has 2 amide bonds. The van der Waals surface area contributed by atoms with Crippen LogP contribution >= 0.6 is 11.6 Å². The molecule has 0 saturated carbocycles. The van der Waals surface area contributed by atoms with Gasteiger partial charge in [0.2, 0.25) is 5.91 Å². The average Bonchev–Trinajstić information content (AvgIpc) is 2.58. The van der Waals surface area contributed by atoms with Gasteiger partial charge in [0.25, 0.3) is 5.91 Å². The van der Waals surface area contributed by atoms with Gasteiger partial charge in [-0.15, -0.1) is 0 Å². The van der Waals surface area contributed by atoms with Gasteiger partial charge in [-0.2, -0.15) is 0 Å². The van der Waals surface area contributed by atoms with Crippen LogP contribution in [0.3, 0.4) is 0 Å². The summed E-state index contributed by atoms with van der Waals surface area (Å²) in [6.07, 6.45) is 6.25. The number of nitrogens with one attached hydrogen (secondary N) is 1. The van der Waals surface area contributed by atoms with Gasteiger partial charge in [0.15, 0.2) is 0 Å². The highest BCUT2D eigenvalue weighted by Crippen LogP contribution is 2.19. The first-order valence-corrected chi connectivity index (χ1v) is 8.68. The van der Waals surface area contributed by atoms with Crippen molar-refractivity contribution < 1.29 is 9.59 Å². The molecule has 0 aliphatic carbocycles. The monoisotopic (exact) mass is 337 g/mol. The van der Waals surface area contributed by atoms with Crippen molar-refractivity contribution in [2.45, 2.75) is 39.0 Å². The number of nitrogens with zero attached hydrogens (tertiary/aromatic N) is 2. The van der Waals surface area contributed by atoms with Crippen LogP contribution in [0.2, 0.25) is 5.02 Å². The SMILES string of the molecule is CCCCCNC(=O)C1CCN(C(=O)c2cc(Cl)ccn2)CC1. The molecule has 0 unspecified atom stereocenters. The summed E-state index contributed by atoms with van der Waals surface area (Å²) >= 11 is 5.90. The van der Waals surface area contributed by atoms with Gasteiger partial charge in [-0.1, -0.05) is 31.4 Å². The number of pyridine rings is 1. The third-order valence-corrected chi connectivity index (χ3v) is 4.41. The van der Waals surface area contributed by atoms with Gasteiger partial charge in [0.1, 0.15) is 5.69 Å². The van der Waals surface area contributed by atoms with Gasteiger partial charge in [0, 0.05) is 36.8 Å². The van der Waals surface area contributed by atoms with Crippen molar-refractivity contribution in [2.24, 2.45) is 5.92 Å². The number of hydrogen-bond donors (Lipinski definition) is 1. The van der Waals surface area contributed by atoms with Gasteiger partial charge in [-0.25, -0.2) is 0 Å². The molecule has 126 valence electrons. The molecule has 1 N–H and O–H groups in total. The molecule has 0 radical (unpaired) electrons. The molecule has 1 aromatic heterocycles. The predicted octanol–water partition coefficient (Wildman–Crippen LogP) is 2.89. The quantitative estimate of drug-likeness (QED) is 0.812. The van der Waals surface area contributed by atoms with Crippen molar-refractivity contribution in [3.63, 3.8) is 0 Å². The lowest BCUT2D eigenvalue weighted by Gasteiger charge is -2.31. The average molecular weight is 338 g/mol. The number of piperidine rings is 1. The highest BCUT2D eigenvalue weighted by Gasteiger charge is 2.28. The van der Waals surface area contributed by atoms with Crippen LogP contribution < -0.4 is 5.32 Å². The number of halogens is 1. The molecule has 2 rings (SSSR count). The van der Waals surface area contributed by atoms with Crippen molar-refractivity contribution in [1.82, 2.24) is 15.2 Å². The molecule has 6 heteroatoms. The molecule has 0 atom stereocenters. The normalized spacial score (nSPS) is 15.5. The van der Waals surface area contributed by atoms with Crippen molar-refractivity contribution in [1.29, 1.82) is 0 Å².